The smallest absolute Gasteiger partial charge is 0.244 e. The third-order valence-electron chi connectivity index (χ3n) is 3.13. The maximum absolute atomic E-state index is 4.57. The molecule has 0 amide bonds. The van der Waals surface area contributed by atoms with Crippen LogP contribution in [0.1, 0.15) is 33.0 Å². The Morgan fingerprint density at radius 1 is 1.47 bits per heavy atom. The van der Waals surface area contributed by atoms with Gasteiger partial charge in [0, 0.05) is 32.1 Å². The van der Waals surface area contributed by atoms with Crippen molar-refractivity contribution < 1.29 is 0 Å². The zero-order valence-corrected chi connectivity index (χ0v) is 11.0. The Balaban J connectivity index is 1.92. The number of nitrogens with zero attached hydrogens (tertiary/aromatic N) is 3. The highest BCUT2D eigenvalue weighted by atomic mass is 15.4. The second kappa shape index (κ2) is 5.49. The molecule has 1 fully saturated rings. The van der Waals surface area contributed by atoms with Gasteiger partial charge in [-0.1, -0.05) is 13.8 Å². The second-order valence-corrected chi connectivity index (χ2v) is 5.32. The van der Waals surface area contributed by atoms with Crippen molar-refractivity contribution in [3.63, 3.8) is 0 Å². The van der Waals surface area contributed by atoms with Crippen molar-refractivity contribution in [2.24, 2.45) is 5.92 Å². The maximum atomic E-state index is 4.57. The van der Waals surface area contributed by atoms with Gasteiger partial charge in [0.2, 0.25) is 5.95 Å². The van der Waals surface area contributed by atoms with E-state index in [0.29, 0.717) is 12.0 Å². The number of aryl methyl sites for hydroxylation is 1. The highest BCUT2D eigenvalue weighted by Crippen LogP contribution is 2.12. The molecule has 96 valence electrons. The Kier molecular flexibility index (Phi) is 3.99. The van der Waals surface area contributed by atoms with Crippen LogP contribution in [0.2, 0.25) is 0 Å². The lowest BCUT2D eigenvalue weighted by Crippen LogP contribution is -2.49. The summed E-state index contributed by atoms with van der Waals surface area (Å²) in [5.74, 6) is 2.58. The molecular formula is C12H23N5. The summed E-state index contributed by atoms with van der Waals surface area (Å²) < 4.78 is 0. The summed E-state index contributed by atoms with van der Waals surface area (Å²) in [5.41, 5.74) is 0. The Bertz CT molecular complexity index is 346. The summed E-state index contributed by atoms with van der Waals surface area (Å²) in [4.78, 5) is 6.82. The average molecular weight is 237 g/mol. The van der Waals surface area contributed by atoms with Gasteiger partial charge in [-0.2, -0.15) is 4.98 Å². The fourth-order valence-corrected chi connectivity index (χ4v) is 2.08. The van der Waals surface area contributed by atoms with Crippen molar-refractivity contribution in [1.29, 1.82) is 0 Å². The van der Waals surface area contributed by atoms with Crippen molar-refractivity contribution in [1.82, 2.24) is 20.5 Å². The van der Waals surface area contributed by atoms with Gasteiger partial charge in [0.25, 0.3) is 0 Å². The lowest BCUT2D eigenvalue weighted by Gasteiger charge is -2.30. The third-order valence-corrected chi connectivity index (χ3v) is 3.13. The van der Waals surface area contributed by atoms with Crippen molar-refractivity contribution in [3.05, 3.63) is 5.82 Å². The van der Waals surface area contributed by atoms with Crippen LogP contribution in [0.4, 0.5) is 5.95 Å². The molecule has 0 aromatic carbocycles. The number of nitrogens with one attached hydrogen (secondary N) is 2. The van der Waals surface area contributed by atoms with Gasteiger partial charge in [0.15, 0.2) is 0 Å². The van der Waals surface area contributed by atoms with Crippen molar-refractivity contribution in [2.75, 3.05) is 24.5 Å². The van der Waals surface area contributed by atoms with Crippen LogP contribution in [-0.2, 0) is 6.42 Å². The number of aromatic nitrogens is 3. The molecule has 2 rings (SSSR count). The standard InChI is InChI=1S/C12H23N5/c1-9(2)4-5-11-14-12(16-15-11)17-7-6-13-10(3)8-17/h9-10,13H,4-8H2,1-3H3,(H,14,15,16)/t10-/m1/s1. The van der Waals surface area contributed by atoms with E-state index < -0.39 is 0 Å². The largest absolute Gasteiger partial charge is 0.337 e. The van der Waals surface area contributed by atoms with E-state index in [1.807, 2.05) is 0 Å². The molecule has 2 N–H and O–H groups in total. The summed E-state index contributed by atoms with van der Waals surface area (Å²) in [6.07, 6.45) is 2.15. The summed E-state index contributed by atoms with van der Waals surface area (Å²) in [5, 5.41) is 10.8. The lowest BCUT2D eigenvalue weighted by atomic mass is 10.1. The van der Waals surface area contributed by atoms with E-state index in [0.717, 1.165) is 44.2 Å². The molecule has 1 atom stereocenters. The second-order valence-electron chi connectivity index (χ2n) is 5.32. The summed E-state index contributed by atoms with van der Waals surface area (Å²) in [6.45, 7) is 9.65. The van der Waals surface area contributed by atoms with E-state index in [1.165, 1.54) is 0 Å². The molecule has 1 aliphatic rings. The van der Waals surface area contributed by atoms with Crippen molar-refractivity contribution >= 4 is 5.95 Å². The molecule has 0 unspecified atom stereocenters. The first-order valence-corrected chi connectivity index (χ1v) is 6.54. The van der Waals surface area contributed by atoms with Crippen LogP contribution < -0.4 is 10.2 Å². The van der Waals surface area contributed by atoms with Gasteiger partial charge in [-0.25, -0.2) is 0 Å². The normalized spacial score (nSPS) is 21.2. The van der Waals surface area contributed by atoms with Crippen LogP contribution >= 0.6 is 0 Å². The third kappa shape index (κ3) is 3.43. The van der Waals surface area contributed by atoms with Crippen molar-refractivity contribution in [2.45, 2.75) is 39.7 Å². The lowest BCUT2D eigenvalue weighted by molar-refractivity contribution is 0.479. The molecule has 2 heterocycles. The molecule has 0 spiro atoms. The van der Waals surface area contributed by atoms with Gasteiger partial charge >= 0.3 is 0 Å². The number of H-pyrrole nitrogens is 1. The van der Waals surface area contributed by atoms with E-state index in [2.05, 4.69) is 46.2 Å². The molecule has 5 heteroatoms. The summed E-state index contributed by atoms with van der Waals surface area (Å²) >= 11 is 0. The molecule has 1 aromatic heterocycles. The molecule has 1 saturated heterocycles. The maximum Gasteiger partial charge on any atom is 0.244 e. The molecule has 1 aliphatic heterocycles. The van der Waals surface area contributed by atoms with E-state index in [-0.39, 0.29) is 0 Å². The minimum Gasteiger partial charge on any atom is -0.337 e. The first-order chi connectivity index (χ1) is 8.15. The molecule has 1 aromatic rings. The number of piperazine rings is 1. The first kappa shape index (κ1) is 12.4. The number of hydrogen-bond donors (Lipinski definition) is 2. The fourth-order valence-electron chi connectivity index (χ4n) is 2.08. The van der Waals surface area contributed by atoms with E-state index >= 15 is 0 Å². The number of rotatable bonds is 4. The highest BCUT2D eigenvalue weighted by molar-refractivity contribution is 5.30. The number of aromatic amines is 1. The minimum absolute atomic E-state index is 0.515. The molecule has 0 saturated carbocycles. The van der Waals surface area contributed by atoms with Crippen LogP contribution in [0.5, 0.6) is 0 Å². The van der Waals surface area contributed by atoms with Crippen LogP contribution in [0, 0.1) is 5.92 Å². The van der Waals surface area contributed by atoms with E-state index in [4.69, 9.17) is 0 Å². The predicted molar refractivity (Wildman–Crippen MR) is 69.2 cm³/mol. The Hall–Kier alpha value is -1.10. The van der Waals surface area contributed by atoms with Crippen LogP contribution in [0.15, 0.2) is 0 Å². The zero-order valence-electron chi connectivity index (χ0n) is 11.0. The average Bonchev–Trinajstić information content (AvgIpc) is 2.75. The highest BCUT2D eigenvalue weighted by Gasteiger charge is 2.19. The molecule has 0 aliphatic carbocycles. The minimum atomic E-state index is 0.515. The van der Waals surface area contributed by atoms with Gasteiger partial charge < -0.3 is 10.2 Å². The van der Waals surface area contributed by atoms with Gasteiger partial charge in [-0.15, -0.1) is 5.10 Å². The van der Waals surface area contributed by atoms with Crippen LogP contribution in [0.3, 0.4) is 0 Å². The summed E-state index contributed by atoms with van der Waals surface area (Å²) in [7, 11) is 0. The number of anilines is 1. The zero-order chi connectivity index (χ0) is 12.3. The summed E-state index contributed by atoms with van der Waals surface area (Å²) in [6, 6.07) is 0.515. The van der Waals surface area contributed by atoms with Crippen molar-refractivity contribution in [3.8, 4) is 0 Å². The monoisotopic (exact) mass is 237 g/mol. The quantitative estimate of drug-likeness (QED) is 0.826. The van der Waals surface area contributed by atoms with Crippen LogP contribution in [0.25, 0.3) is 0 Å². The fraction of sp³-hybridized carbons (Fsp3) is 0.833. The van der Waals surface area contributed by atoms with Gasteiger partial charge in [0.1, 0.15) is 5.82 Å². The number of hydrogen-bond acceptors (Lipinski definition) is 4. The molecule has 5 nitrogen and oxygen atoms in total. The van der Waals surface area contributed by atoms with Gasteiger partial charge in [-0.3, -0.25) is 5.10 Å². The first-order valence-electron chi connectivity index (χ1n) is 6.54. The van der Waals surface area contributed by atoms with Gasteiger partial charge in [-0.05, 0) is 19.3 Å². The Labute approximate surface area is 103 Å². The molecule has 0 radical (unpaired) electrons. The van der Waals surface area contributed by atoms with Gasteiger partial charge in [0.05, 0.1) is 0 Å². The van der Waals surface area contributed by atoms with E-state index in [1.54, 1.807) is 0 Å². The molecule has 17 heavy (non-hydrogen) atoms. The Morgan fingerprint density at radius 2 is 2.29 bits per heavy atom. The topological polar surface area (TPSA) is 56.8 Å². The van der Waals surface area contributed by atoms with Crippen LogP contribution in [-0.4, -0.2) is 40.9 Å². The van der Waals surface area contributed by atoms with E-state index in [9.17, 15) is 0 Å². The SMILES string of the molecule is CC(C)CCc1nc(N2CCN[C@H](C)C2)n[nH]1. The predicted octanol–water partition coefficient (Wildman–Crippen LogP) is 1.19. The molecule has 0 bridgehead atoms. The Morgan fingerprint density at radius 3 is 3.00 bits per heavy atom. The molecular weight excluding hydrogens is 214 g/mol.